The van der Waals surface area contributed by atoms with Crippen molar-refractivity contribution in [3.63, 3.8) is 0 Å². The van der Waals surface area contributed by atoms with Crippen molar-refractivity contribution in [1.29, 1.82) is 0 Å². The highest BCUT2D eigenvalue weighted by atomic mass is 35.5. The second-order valence-corrected chi connectivity index (χ2v) is 9.69. The third-order valence-electron chi connectivity index (χ3n) is 6.69. The zero-order valence-corrected chi connectivity index (χ0v) is 20.8. The van der Waals surface area contributed by atoms with Crippen molar-refractivity contribution in [2.45, 2.75) is 50.5 Å². The number of H-pyrrole nitrogens is 1. The minimum absolute atomic E-state index is 0.0560. The van der Waals surface area contributed by atoms with E-state index in [0.717, 1.165) is 11.6 Å². The molecule has 1 saturated carbocycles. The molecule has 0 saturated heterocycles. The number of nitrogens with zero attached hydrogens (tertiary/aromatic N) is 1. The largest absolute Gasteiger partial charge is 0.433 e. The van der Waals surface area contributed by atoms with Gasteiger partial charge >= 0.3 is 12.4 Å². The van der Waals surface area contributed by atoms with E-state index < -0.39 is 70.3 Å². The smallest absolute Gasteiger partial charge is 0.352 e. The molecule has 0 aliphatic heterocycles. The van der Waals surface area contributed by atoms with Crippen LogP contribution in [0.15, 0.2) is 47.3 Å². The number of amides is 1. The molecule has 1 amide bonds. The van der Waals surface area contributed by atoms with Crippen molar-refractivity contribution in [2.24, 2.45) is 5.92 Å². The van der Waals surface area contributed by atoms with Crippen LogP contribution in [-0.2, 0) is 23.7 Å². The van der Waals surface area contributed by atoms with E-state index in [9.17, 15) is 35.9 Å². The van der Waals surface area contributed by atoms with Crippen LogP contribution in [-0.4, -0.2) is 15.9 Å². The Hall–Kier alpha value is -3.41. The maximum Gasteiger partial charge on any atom is 0.433 e. The first-order chi connectivity index (χ1) is 18.2. The van der Waals surface area contributed by atoms with Crippen LogP contribution in [0.5, 0.6) is 0 Å². The molecule has 1 aliphatic rings. The maximum atomic E-state index is 15.4. The SMILES string of the molecule is O=C(NCc1ccc(C(F)(F)F)c(-c2nc(C(F)(F)F)cc(=O)[nH]2)c1F)C1CCC(c2ccc(Cl)cc2)CC1. The van der Waals surface area contributed by atoms with Gasteiger partial charge in [0.15, 0.2) is 5.69 Å². The number of hydrogen-bond donors (Lipinski definition) is 2. The van der Waals surface area contributed by atoms with E-state index in [1.54, 1.807) is 17.1 Å². The number of aromatic nitrogens is 2. The number of nitrogens with one attached hydrogen (secondary N) is 2. The Labute approximate surface area is 222 Å². The van der Waals surface area contributed by atoms with Crippen LogP contribution >= 0.6 is 11.6 Å². The maximum absolute atomic E-state index is 15.4. The fourth-order valence-electron chi connectivity index (χ4n) is 4.70. The molecule has 0 radical (unpaired) electrons. The van der Waals surface area contributed by atoms with Crippen LogP contribution in [0.3, 0.4) is 0 Å². The van der Waals surface area contributed by atoms with Gasteiger partial charge in [-0.15, -0.1) is 0 Å². The molecule has 0 atom stereocenters. The lowest BCUT2D eigenvalue weighted by atomic mass is 9.78. The van der Waals surface area contributed by atoms with Crippen molar-refractivity contribution in [1.82, 2.24) is 15.3 Å². The summed E-state index contributed by atoms with van der Waals surface area (Å²) in [5.41, 5.74) is -5.48. The summed E-state index contributed by atoms with van der Waals surface area (Å²) in [6.45, 7) is -0.518. The minimum atomic E-state index is -5.17. The molecule has 4 rings (SSSR count). The lowest BCUT2D eigenvalue weighted by molar-refractivity contribution is -0.141. The standard InChI is InChI=1S/C26H21ClF7N3O2/c27-17-8-5-14(6-9-17)13-1-3-15(4-2-13)24(39)35-12-16-7-10-18(25(29,30)31)21(22(16)28)23-36-19(26(32,33)34)11-20(38)37-23/h5-11,13,15H,1-4,12H2,(H,35,39)(H,36,37,38). The summed E-state index contributed by atoms with van der Waals surface area (Å²) in [6, 6.07) is 8.72. The minimum Gasteiger partial charge on any atom is -0.352 e. The summed E-state index contributed by atoms with van der Waals surface area (Å²) >= 11 is 5.92. The van der Waals surface area contributed by atoms with Crippen molar-refractivity contribution in [2.75, 3.05) is 0 Å². The monoisotopic (exact) mass is 575 g/mol. The van der Waals surface area contributed by atoms with Gasteiger partial charge in [0.25, 0.3) is 5.56 Å². The highest BCUT2D eigenvalue weighted by Crippen LogP contribution is 2.39. The van der Waals surface area contributed by atoms with Crippen molar-refractivity contribution >= 4 is 17.5 Å². The average Bonchev–Trinajstić information content (AvgIpc) is 2.86. The Bertz CT molecular complexity index is 1410. The van der Waals surface area contributed by atoms with E-state index in [4.69, 9.17) is 11.6 Å². The number of aromatic amines is 1. The van der Waals surface area contributed by atoms with Gasteiger partial charge in [-0.05, 0) is 55.4 Å². The zero-order valence-electron chi connectivity index (χ0n) is 20.0. The van der Waals surface area contributed by atoms with Gasteiger partial charge in [-0.1, -0.05) is 29.8 Å². The molecule has 3 aromatic rings. The Morgan fingerprint density at radius 1 is 0.974 bits per heavy atom. The molecule has 39 heavy (non-hydrogen) atoms. The van der Waals surface area contributed by atoms with E-state index in [2.05, 4.69) is 10.3 Å². The molecule has 208 valence electrons. The van der Waals surface area contributed by atoms with Crippen LogP contribution in [0.1, 0.15) is 54.0 Å². The van der Waals surface area contributed by atoms with Gasteiger partial charge in [0.1, 0.15) is 11.6 Å². The van der Waals surface area contributed by atoms with Gasteiger partial charge < -0.3 is 10.3 Å². The molecule has 2 aromatic carbocycles. The predicted molar refractivity (Wildman–Crippen MR) is 128 cm³/mol. The third-order valence-corrected chi connectivity index (χ3v) is 6.94. The average molecular weight is 576 g/mol. The second kappa shape index (κ2) is 11.0. The van der Waals surface area contributed by atoms with Gasteiger partial charge in [0.05, 0.1) is 11.1 Å². The topological polar surface area (TPSA) is 74.8 Å². The number of rotatable bonds is 5. The fraction of sp³-hybridized carbons (Fsp3) is 0.346. The molecule has 1 heterocycles. The number of alkyl halides is 6. The van der Waals surface area contributed by atoms with Crippen molar-refractivity contribution in [3.8, 4) is 11.4 Å². The highest BCUT2D eigenvalue weighted by molar-refractivity contribution is 6.30. The van der Waals surface area contributed by atoms with Crippen LogP contribution in [0.4, 0.5) is 30.7 Å². The first kappa shape index (κ1) is 28.6. The summed E-state index contributed by atoms with van der Waals surface area (Å²) in [6.07, 6.45) is -7.83. The highest BCUT2D eigenvalue weighted by Gasteiger charge is 2.39. The molecule has 5 nitrogen and oxygen atoms in total. The van der Waals surface area contributed by atoms with E-state index in [1.807, 2.05) is 12.1 Å². The molecule has 1 aliphatic carbocycles. The van der Waals surface area contributed by atoms with Gasteiger partial charge in [-0.3, -0.25) is 9.59 Å². The normalized spacial score (nSPS) is 18.2. The number of carbonyl (C=O) groups excluding carboxylic acids is 1. The number of carbonyl (C=O) groups is 1. The molecule has 1 fully saturated rings. The first-order valence-electron chi connectivity index (χ1n) is 11.8. The van der Waals surface area contributed by atoms with E-state index in [-0.39, 0.29) is 12.0 Å². The molecular formula is C26H21ClF7N3O2. The molecule has 1 aromatic heterocycles. The summed E-state index contributed by atoms with van der Waals surface area (Å²) in [4.78, 5) is 29.3. The molecule has 0 spiro atoms. The third kappa shape index (κ3) is 6.60. The van der Waals surface area contributed by atoms with Crippen molar-refractivity contribution in [3.05, 3.63) is 86.0 Å². The number of hydrogen-bond acceptors (Lipinski definition) is 3. The summed E-state index contributed by atoms with van der Waals surface area (Å²) < 4.78 is 95.6. The molecular weight excluding hydrogens is 555 g/mol. The van der Waals surface area contributed by atoms with Gasteiger partial charge in [0.2, 0.25) is 5.91 Å². The predicted octanol–water partition coefficient (Wildman–Crippen LogP) is 6.86. The van der Waals surface area contributed by atoms with Gasteiger partial charge in [0, 0.05) is 29.1 Å². The number of halogens is 8. The Morgan fingerprint density at radius 3 is 2.21 bits per heavy atom. The quantitative estimate of drug-likeness (QED) is 0.327. The lowest BCUT2D eigenvalue weighted by Crippen LogP contribution is -2.33. The molecule has 2 N–H and O–H groups in total. The lowest BCUT2D eigenvalue weighted by Gasteiger charge is -2.28. The molecule has 0 unspecified atom stereocenters. The van der Waals surface area contributed by atoms with Crippen LogP contribution in [0.25, 0.3) is 11.4 Å². The fourth-order valence-corrected chi connectivity index (χ4v) is 4.82. The van der Waals surface area contributed by atoms with Crippen LogP contribution in [0, 0.1) is 11.7 Å². The Balaban J connectivity index is 1.53. The summed E-state index contributed by atoms with van der Waals surface area (Å²) in [5, 5.41) is 3.12. The van der Waals surface area contributed by atoms with Crippen molar-refractivity contribution < 1.29 is 35.5 Å². The zero-order chi connectivity index (χ0) is 28.5. The van der Waals surface area contributed by atoms with Gasteiger partial charge in [-0.2, -0.15) is 26.3 Å². The molecule has 0 bridgehead atoms. The first-order valence-corrected chi connectivity index (χ1v) is 12.2. The van der Waals surface area contributed by atoms with E-state index in [1.165, 1.54) is 0 Å². The van der Waals surface area contributed by atoms with E-state index >= 15 is 4.39 Å². The Kier molecular flexibility index (Phi) is 8.06. The molecule has 13 heteroatoms. The van der Waals surface area contributed by atoms with E-state index in [0.29, 0.717) is 36.8 Å². The summed E-state index contributed by atoms with van der Waals surface area (Å²) in [5.74, 6) is -3.36. The van der Waals surface area contributed by atoms with Crippen LogP contribution in [0.2, 0.25) is 5.02 Å². The Morgan fingerprint density at radius 2 is 1.62 bits per heavy atom. The van der Waals surface area contributed by atoms with Gasteiger partial charge in [-0.25, -0.2) is 9.37 Å². The number of benzene rings is 2. The second-order valence-electron chi connectivity index (χ2n) is 9.25. The van der Waals surface area contributed by atoms with Crippen LogP contribution < -0.4 is 10.9 Å². The summed E-state index contributed by atoms with van der Waals surface area (Å²) in [7, 11) is 0.